The van der Waals surface area contributed by atoms with Gasteiger partial charge in [0.2, 0.25) is 0 Å². The third-order valence-electron chi connectivity index (χ3n) is 6.42. The predicted molar refractivity (Wildman–Crippen MR) is 97.8 cm³/mol. The first kappa shape index (κ1) is 19.6. The van der Waals surface area contributed by atoms with E-state index in [4.69, 9.17) is 9.47 Å². The summed E-state index contributed by atoms with van der Waals surface area (Å²) in [6, 6.07) is 0. The van der Waals surface area contributed by atoms with Crippen molar-refractivity contribution in [1.29, 1.82) is 0 Å². The molecule has 0 amide bonds. The lowest BCUT2D eigenvalue weighted by molar-refractivity contribution is -0.0697. The molecule has 2 aliphatic rings. The van der Waals surface area contributed by atoms with Crippen LogP contribution in [-0.4, -0.2) is 18.4 Å². The Labute approximate surface area is 148 Å². The van der Waals surface area contributed by atoms with Gasteiger partial charge in [-0.05, 0) is 61.2 Å². The van der Waals surface area contributed by atoms with Crippen molar-refractivity contribution < 1.29 is 14.3 Å². The Hall–Kier alpha value is -0.730. The van der Waals surface area contributed by atoms with E-state index in [1.807, 2.05) is 0 Å². The second-order valence-corrected chi connectivity index (χ2v) is 9.21. The van der Waals surface area contributed by atoms with Crippen LogP contribution in [0, 0.1) is 35.5 Å². The fourth-order valence-electron chi connectivity index (χ4n) is 4.78. The summed E-state index contributed by atoms with van der Waals surface area (Å²) >= 11 is 0. The summed E-state index contributed by atoms with van der Waals surface area (Å²) in [7, 11) is 0. The van der Waals surface area contributed by atoms with Crippen molar-refractivity contribution in [1.82, 2.24) is 0 Å². The fraction of sp³-hybridized carbons (Fsp3) is 0.952. The molecule has 0 N–H and O–H groups in total. The summed E-state index contributed by atoms with van der Waals surface area (Å²) in [5.74, 6) is 3.31. The van der Waals surface area contributed by atoms with Gasteiger partial charge in [0, 0.05) is 0 Å². The maximum absolute atomic E-state index is 12.5. The van der Waals surface area contributed by atoms with Crippen LogP contribution in [0.1, 0.15) is 80.1 Å². The fourth-order valence-corrected chi connectivity index (χ4v) is 4.78. The summed E-state index contributed by atoms with van der Waals surface area (Å²) in [6.45, 7) is 13.5. The molecule has 3 nitrogen and oxygen atoms in total. The Morgan fingerprint density at radius 2 is 1.12 bits per heavy atom. The minimum Gasteiger partial charge on any atom is -0.431 e. The molecule has 0 aromatic rings. The number of rotatable bonds is 4. The van der Waals surface area contributed by atoms with Crippen LogP contribution in [-0.2, 0) is 9.47 Å². The van der Waals surface area contributed by atoms with Crippen LogP contribution in [0.15, 0.2) is 0 Å². The van der Waals surface area contributed by atoms with Crippen LogP contribution >= 0.6 is 0 Å². The summed E-state index contributed by atoms with van der Waals surface area (Å²) in [6.07, 6.45) is 6.39. The minimum atomic E-state index is -0.426. The quantitative estimate of drug-likeness (QED) is 0.584. The third kappa shape index (κ3) is 5.13. The Kier molecular flexibility index (Phi) is 7.00. The molecule has 0 saturated heterocycles. The van der Waals surface area contributed by atoms with Gasteiger partial charge in [-0.2, -0.15) is 0 Å². The summed E-state index contributed by atoms with van der Waals surface area (Å²) in [5, 5.41) is 0. The van der Waals surface area contributed by atoms with E-state index in [1.54, 1.807) is 0 Å². The first-order valence-corrected chi connectivity index (χ1v) is 10.1. The molecule has 2 rings (SSSR count). The van der Waals surface area contributed by atoms with Gasteiger partial charge in [-0.1, -0.05) is 54.4 Å². The normalized spacial score (nSPS) is 37.5. The molecule has 0 unspecified atom stereocenters. The van der Waals surface area contributed by atoms with Gasteiger partial charge in [0.05, 0.1) is 0 Å². The highest BCUT2D eigenvalue weighted by Crippen LogP contribution is 2.37. The Morgan fingerprint density at radius 3 is 1.46 bits per heavy atom. The Bertz CT molecular complexity index is 368. The van der Waals surface area contributed by atoms with Gasteiger partial charge in [-0.3, -0.25) is 0 Å². The largest absolute Gasteiger partial charge is 0.508 e. The van der Waals surface area contributed by atoms with Gasteiger partial charge in [0.15, 0.2) is 0 Å². The number of hydrogen-bond donors (Lipinski definition) is 0. The molecule has 0 bridgehead atoms. The van der Waals surface area contributed by atoms with Gasteiger partial charge in [-0.25, -0.2) is 4.79 Å². The van der Waals surface area contributed by atoms with E-state index in [0.29, 0.717) is 35.5 Å². The van der Waals surface area contributed by atoms with Crippen LogP contribution in [0.4, 0.5) is 4.79 Å². The van der Waals surface area contributed by atoms with Crippen molar-refractivity contribution in [3.8, 4) is 0 Å². The van der Waals surface area contributed by atoms with Crippen molar-refractivity contribution in [3.63, 3.8) is 0 Å². The van der Waals surface area contributed by atoms with Crippen molar-refractivity contribution in [2.75, 3.05) is 0 Å². The molecule has 6 atom stereocenters. The van der Waals surface area contributed by atoms with Crippen molar-refractivity contribution in [3.05, 3.63) is 0 Å². The van der Waals surface area contributed by atoms with Gasteiger partial charge in [0.1, 0.15) is 12.2 Å². The molecule has 0 heterocycles. The van der Waals surface area contributed by atoms with Gasteiger partial charge < -0.3 is 9.47 Å². The average molecular weight is 339 g/mol. The lowest BCUT2D eigenvalue weighted by Crippen LogP contribution is -2.39. The highest BCUT2D eigenvalue weighted by Gasteiger charge is 2.37. The zero-order chi connectivity index (χ0) is 17.9. The first-order valence-electron chi connectivity index (χ1n) is 10.1. The van der Waals surface area contributed by atoms with Gasteiger partial charge in [-0.15, -0.1) is 0 Å². The molecule has 2 fully saturated rings. The van der Waals surface area contributed by atoms with E-state index in [1.165, 1.54) is 12.8 Å². The highest BCUT2D eigenvalue weighted by atomic mass is 16.7. The minimum absolute atomic E-state index is 0.0276. The van der Waals surface area contributed by atoms with Crippen LogP contribution < -0.4 is 0 Å². The predicted octanol–water partition coefficient (Wildman–Crippen LogP) is 6.06. The number of hydrogen-bond acceptors (Lipinski definition) is 3. The SMILES string of the molecule is CC(C)[C@@H]1CC[C@@H](C)C[C@H]1OC(=O)O[C@@H]1C[C@H](C)CC[C@H]1C(C)C. The highest BCUT2D eigenvalue weighted by molar-refractivity contribution is 5.60. The van der Waals surface area contributed by atoms with Crippen molar-refractivity contribution in [2.45, 2.75) is 92.3 Å². The molecule has 2 aliphatic carbocycles. The van der Waals surface area contributed by atoms with E-state index >= 15 is 0 Å². The topological polar surface area (TPSA) is 35.5 Å². The van der Waals surface area contributed by atoms with Gasteiger partial charge >= 0.3 is 6.16 Å². The van der Waals surface area contributed by atoms with Crippen molar-refractivity contribution >= 4 is 6.16 Å². The maximum Gasteiger partial charge on any atom is 0.508 e. The smallest absolute Gasteiger partial charge is 0.431 e. The second-order valence-electron chi connectivity index (χ2n) is 9.21. The van der Waals surface area contributed by atoms with Crippen molar-refractivity contribution in [2.24, 2.45) is 35.5 Å². The number of ether oxygens (including phenoxy) is 2. The third-order valence-corrected chi connectivity index (χ3v) is 6.42. The molecule has 140 valence electrons. The van der Waals surface area contributed by atoms with E-state index in [-0.39, 0.29) is 12.2 Å². The second kappa shape index (κ2) is 8.58. The molecule has 3 heteroatoms. The van der Waals surface area contributed by atoms with E-state index < -0.39 is 6.16 Å². The summed E-state index contributed by atoms with van der Waals surface area (Å²) < 4.78 is 11.7. The zero-order valence-electron chi connectivity index (χ0n) is 16.6. The van der Waals surface area contributed by atoms with Crippen LogP contribution in [0.5, 0.6) is 0 Å². The monoisotopic (exact) mass is 338 g/mol. The molecular weight excluding hydrogens is 300 g/mol. The number of carbonyl (C=O) groups excluding carboxylic acids is 1. The lowest BCUT2D eigenvalue weighted by Gasteiger charge is -2.38. The molecule has 2 saturated carbocycles. The Morgan fingerprint density at radius 1 is 0.750 bits per heavy atom. The number of carbonyl (C=O) groups is 1. The maximum atomic E-state index is 12.5. The zero-order valence-corrected chi connectivity index (χ0v) is 16.6. The lowest BCUT2D eigenvalue weighted by atomic mass is 9.75. The van der Waals surface area contributed by atoms with Crippen LogP contribution in [0.3, 0.4) is 0 Å². The molecule has 0 radical (unpaired) electrons. The van der Waals surface area contributed by atoms with E-state index in [9.17, 15) is 4.79 Å². The van der Waals surface area contributed by atoms with Crippen LogP contribution in [0.25, 0.3) is 0 Å². The molecule has 0 spiro atoms. The van der Waals surface area contributed by atoms with Crippen LogP contribution in [0.2, 0.25) is 0 Å². The summed E-state index contributed by atoms with van der Waals surface area (Å²) in [5.41, 5.74) is 0. The van der Waals surface area contributed by atoms with E-state index in [2.05, 4.69) is 41.5 Å². The molecule has 0 aliphatic heterocycles. The molecule has 0 aromatic heterocycles. The molecular formula is C21H38O3. The average Bonchev–Trinajstić information content (AvgIpc) is 2.46. The first-order chi connectivity index (χ1) is 11.3. The molecule has 24 heavy (non-hydrogen) atoms. The van der Waals surface area contributed by atoms with Gasteiger partial charge in [0.25, 0.3) is 0 Å². The summed E-state index contributed by atoms with van der Waals surface area (Å²) in [4.78, 5) is 12.5. The Balaban J connectivity index is 1.94. The standard InChI is InChI=1S/C21H38O3/c1-13(2)17-9-7-15(5)11-19(17)23-21(22)24-20-12-16(6)8-10-18(20)14(3)4/h13-20H,7-12H2,1-6H3/t15-,16-,17+,18+,19-,20-/m1/s1. The molecule has 0 aromatic carbocycles. The van der Waals surface area contributed by atoms with E-state index in [0.717, 1.165) is 25.7 Å².